The van der Waals surface area contributed by atoms with Crippen molar-refractivity contribution in [3.63, 3.8) is 0 Å². The second kappa shape index (κ2) is 7.70. The Balaban J connectivity index is 1.57. The van der Waals surface area contributed by atoms with Gasteiger partial charge in [0.05, 0.1) is 0 Å². The van der Waals surface area contributed by atoms with Crippen LogP contribution in [0, 0.1) is 6.92 Å². The summed E-state index contributed by atoms with van der Waals surface area (Å²) in [6, 6.07) is 20.7. The normalized spacial score (nSPS) is 11.6. The van der Waals surface area contributed by atoms with Gasteiger partial charge in [0, 0.05) is 5.56 Å². The first kappa shape index (κ1) is 17.5. The molecule has 0 fully saturated rings. The third-order valence-electron chi connectivity index (χ3n) is 3.98. The van der Waals surface area contributed by atoms with Crippen molar-refractivity contribution in [2.24, 2.45) is 0 Å². The average Bonchev–Trinajstić information content (AvgIpc) is 2.65. The zero-order valence-corrected chi connectivity index (χ0v) is 14.7. The monoisotopic (exact) mass is 348 g/mol. The predicted octanol–water partition coefficient (Wildman–Crippen LogP) is 3.38. The highest BCUT2D eigenvalue weighted by Gasteiger charge is 2.16. The van der Waals surface area contributed by atoms with E-state index in [9.17, 15) is 9.59 Å². The summed E-state index contributed by atoms with van der Waals surface area (Å²) in [6.45, 7) is 3.53. The van der Waals surface area contributed by atoms with Crippen molar-refractivity contribution < 1.29 is 14.3 Å². The van der Waals surface area contributed by atoms with Gasteiger partial charge in [-0.2, -0.15) is 0 Å². The Morgan fingerprint density at radius 3 is 2.42 bits per heavy atom. The summed E-state index contributed by atoms with van der Waals surface area (Å²) >= 11 is 0. The van der Waals surface area contributed by atoms with Gasteiger partial charge >= 0.3 is 0 Å². The lowest BCUT2D eigenvalue weighted by Gasteiger charge is -2.15. The van der Waals surface area contributed by atoms with Crippen LogP contribution in [-0.4, -0.2) is 17.9 Å². The molecule has 2 amide bonds. The maximum atomic E-state index is 12.2. The molecule has 26 heavy (non-hydrogen) atoms. The first-order chi connectivity index (χ1) is 12.5. The molecule has 0 saturated heterocycles. The molecule has 0 aliphatic rings. The molecule has 0 bridgehead atoms. The first-order valence-electron chi connectivity index (χ1n) is 8.35. The van der Waals surface area contributed by atoms with E-state index in [4.69, 9.17) is 4.74 Å². The molecule has 0 radical (unpaired) electrons. The maximum absolute atomic E-state index is 12.2. The molecule has 0 aliphatic heterocycles. The van der Waals surface area contributed by atoms with Crippen LogP contribution in [0.25, 0.3) is 10.8 Å². The maximum Gasteiger partial charge on any atom is 0.279 e. The van der Waals surface area contributed by atoms with Crippen LogP contribution in [0.1, 0.15) is 22.8 Å². The molecule has 2 N–H and O–H groups in total. The Kier molecular flexibility index (Phi) is 5.17. The first-order valence-corrected chi connectivity index (χ1v) is 8.35. The van der Waals surface area contributed by atoms with Gasteiger partial charge in [0.25, 0.3) is 11.8 Å². The lowest BCUT2D eigenvalue weighted by Crippen LogP contribution is -2.47. The number of hydrogen-bond donors (Lipinski definition) is 2. The lowest BCUT2D eigenvalue weighted by molar-refractivity contribution is -0.128. The van der Waals surface area contributed by atoms with E-state index < -0.39 is 12.0 Å². The second-order valence-corrected chi connectivity index (χ2v) is 6.08. The summed E-state index contributed by atoms with van der Waals surface area (Å²) in [7, 11) is 0. The molecule has 0 aromatic heterocycles. The van der Waals surface area contributed by atoms with Gasteiger partial charge in [0.2, 0.25) is 0 Å². The van der Waals surface area contributed by atoms with Crippen molar-refractivity contribution in [1.82, 2.24) is 10.9 Å². The van der Waals surface area contributed by atoms with Crippen molar-refractivity contribution in [2.45, 2.75) is 20.0 Å². The number of benzene rings is 3. The van der Waals surface area contributed by atoms with Gasteiger partial charge in [0.15, 0.2) is 6.10 Å². The van der Waals surface area contributed by atoms with Gasteiger partial charge in [-0.25, -0.2) is 0 Å². The van der Waals surface area contributed by atoms with Crippen molar-refractivity contribution in [2.75, 3.05) is 0 Å². The predicted molar refractivity (Wildman–Crippen MR) is 101 cm³/mol. The number of carbonyl (C=O) groups excluding carboxylic acids is 2. The largest absolute Gasteiger partial charge is 0.481 e. The highest BCUT2D eigenvalue weighted by atomic mass is 16.5. The van der Waals surface area contributed by atoms with Gasteiger partial charge in [0.1, 0.15) is 5.75 Å². The number of hydrazine groups is 1. The zero-order valence-electron chi connectivity index (χ0n) is 14.7. The van der Waals surface area contributed by atoms with E-state index in [2.05, 4.69) is 10.9 Å². The van der Waals surface area contributed by atoms with Gasteiger partial charge in [-0.3, -0.25) is 20.4 Å². The van der Waals surface area contributed by atoms with E-state index in [1.165, 1.54) is 0 Å². The number of hydrogen-bond acceptors (Lipinski definition) is 3. The quantitative estimate of drug-likeness (QED) is 0.710. The number of nitrogens with one attached hydrogen (secondary N) is 2. The second-order valence-electron chi connectivity index (χ2n) is 6.08. The molecular weight excluding hydrogens is 328 g/mol. The van der Waals surface area contributed by atoms with E-state index in [1.807, 2.05) is 55.5 Å². The third kappa shape index (κ3) is 4.19. The van der Waals surface area contributed by atoms with Gasteiger partial charge in [-0.15, -0.1) is 0 Å². The van der Waals surface area contributed by atoms with Gasteiger partial charge in [-0.05, 0) is 48.9 Å². The van der Waals surface area contributed by atoms with E-state index in [0.717, 1.165) is 16.3 Å². The summed E-state index contributed by atoms with van der Waals surface area (Å²) in [5.74, 6) is -0.213. The minimum Gasteiger partial charge on any atom is -0.481 e. The molecule has 0 spiro atoms. The van der Waals surface area contributed by atoms with Crippen LogP contribution >= 0.6 is 0 Å². The average molecular weight is 348 g/mol. The fraction of sp³-hybridized carbons (Fsp3) is 0.143. The van der Waals surface area contributed by atoms with E-state index in [0.29, 0.717) is 11.3 Å². The highest BCUT2D eigenvalue weighted by Crippen LogP contribution is 2.21. The van der Waals surface area contributed by atoms with Crippen LogP contribution in [0.15, 0.2) is 66.7 Å². The molecule has 3 aromatic carbocycles. The Morgan fingerprint density at radius 2 is 1.65 bits per heavy atom. The van der Waals surface area contributed by atoms with E-state index >= 15 is 0 Å². The summed E-state index contributed by atoms with van der Waals surface area (Å²) < 4.78 is 5.68. The molecule has 132 valence electrons. The Hall–Kier alpha value is -3.34. The molecule has 3 rings (SSSR count). The van der Waals surface area contributed by atoms with Crippen LogP contribution in [-0.2, 0) is 4.79 Å². The van der Waals surface area contributed by atoms with Crippen molar-refractivity contribution in [3.8, 4) is 5.75 Å². The molecule has 5 nitrogen and oxygen atoms in total. The standard InChI is InChI=1S/C21H20N2O3/c1-14-6-5-9-18(12-14)21(25)23-22-20(24)15(2)26-19-11-10-16-7-3-4-8-17(16)13-19/h3-13,15H,1-2H3,(H,22,24)(H,23,25)/t15-/m0/s1. The molecule has 0 saturated carbocycles. The SMILES string of the molecule is Cc1cccc(C(=O)NNC(=O)[C@H](C)Oc2ccc3ccccc3c2)c1. The Bertz CT molecular complexity index is 953. The van der Waals surface area contributed by atoms with E-state index in [-0.39, 0.29) is 5.91 Å². The summed E-state index contributed by atoms with van der Waals surface area (Å²) in [5, 5.41) is 2.13. The lowest BCUT2D eigenvalue weighted by atomic mass is 10.1. The number of rotatable bonds is 4. The highest BCUT2D eigenvalue weighted by molar-refractivity contribution is 5.95. The van der Waals surface area contributed by atoms with Crippen molar-refractivity contribution >= 4 is 22.6 Å². The summed E-state index contributed by atoms with van der Waals surface area (Å²) in [4.78, 5) is 24.2. The van der Waals surface area contributed by atoms with E-state index in [1.54, 1.807) is 25.1 Å². The fourth-order valence-corrected chi connectivity index (χ4v) is 2.58. The van der Waals surface area contributed by atoms with Crippen LogP contribution in [0.4, 0.5) is 0 Å². The zero-order chi connectivity index (χ0) is 18.5. The summed E-state index contributed by atoms with van der Waals surface area (Å²) in [6.07, 6.45) is -0.756. The third-order valence-corrected chi connectivity index (χ3v) is 3.98. The van der Waals surface area contributed by atoms with Crippen molar-refractivity contribution in [3.05, 3.63) is 77.9 Å². The number of fused-ring (bicyclic) bond motifs is 1. The molecule has 5 heteroatoms. The number of amides is 2. The molecule has 1 atom stereocenters. The number of aryl methyl sites for hydroxylation is 1. The Labute approximate surface area is 152 Å². The van der Waals surface area contributed by atoms with Gasteiger partial charge < -0.3 is 4.74 Å². The molecular formula is C21H20N2O3. The molecule has 0 aliphatic carbocycles. The fourth-order valence-electron chi connectivity index (χ4n) is 2.58. The molecule has 0 heterocycles. The topological polar surface area (TPSA) is 67.4 Å². The van der Waals surface area contributed by atoms with Crippen LogP contribution in [0.3, 0.4) is 0 Å². The summed E-state index contributed by atoms with van der Waals surface area (Å²) in [5.41, 5.74) is 6.25. The van der Waals surface area contributed by atoms with Crippen LogP contribution in [0.5, 0.6) is 5.75 Å². The number of carbonyl (C=O) groups is 2. The Morgan fingerprint density at radius 1 is 0.885 bits per heavy atom. The minimum atomic E-state index is -0.756. The molecule has 3 aromatic rings. The smallest absolute Gasteiger partial charge is 0.279 e. The number of ether oxygens (including phenoxy) is 1. The van der Waals surface area contributed by atoms with Gasteiger partial charge in [-0.1, -0.05) is 48.0 Å². The molecule has 0 unspecified atom stereocenters. The van der Waals surface area contributed by atoms with Crippen LogP contribution < -0.4 is 15.6 Å². The minimum absolute atomic E-state index is 0.375. The van der Waals surface area contributed by atoms with Crippen LogP contribution in [0.2, 0.25) is 0 Å². The van der Waals surface area contributed by atoms with Crippen molar-refractivity contribution in [1.29, 1.82) is 0 Å².